The molecule has 2 aliphatic rings. The first-order valence-electron chi connectivity index (χ1n) is 7.23. The molecule has 0 atom stereocenters. The highest BCUT2D eigenvalue weighted by atomic mass is 16.2. The standard InChI is InChI=1S/C15H23N3O/c1-15(2)6-3-7-17(10-15)14(19)13-8-11(16)9-18(13)12-4-5-12/h8-9,12H,3-7,10,16H2,1-2H3. The number of hydrogen-bond acceptors (Lipinski definition) is 2. The van der Waals surface area contributed by atoms with Gasteiger partial charge in [0.25, 0.3) is 5.91 Å². The van der Waals surface area contributed by atoms with E-state index in [1.54, 1.807) is 0 Å². The van der Waals surface area contributed by atoms with Crippen molar-refractivity contribution in [1.29, 1.82) is 0 Å². The van der Waals surface area contributed by atoms with Gasteiger partial charge in [0.05, 0.1) is 5.69 Å². The third kappa shape index (κ3) is 2.48. The third-order valence-electron chi connectivity index (χ3n) is 4.22. The maximum Gasteiger partial charge on any atom is 0.270 e. The van der Waals surface area contributed by atoms with E-state index in [1.165, 1.54) is 19.3 Å². The van der Waals surface area contributed by atoms with Crippen LogP contribution in [0.3, 0.4) is 0 Å². The van der Waals surface area contributed by atoms with E-state index in [4.69, 9.17) is 5.73 Å². The number of rotatable bonds is 2. The second-order valence-electron chi connectivity index (χ2n) is 6.79. The van der Waals surface area contributed by atoms with Gasteiger partial charge in [0, 0.05) is 25.3 Å². The van der Waals surface area contributed by atoms with Crippen molar-refractivity contribution < 1.29 is 4.79 Å². The van der Waals surface area contributed by atoms with Gasteiger partial charge >= 0.3 is 0 Å². The van der Waals surface area contributed by atoms with Crippen molar-refractivity contribution in [3.63, 3.8) is 0 Å². The monoisotopic (exact) mass is 261 g/mol. The van der Waals surface area contributed by atoms with Crippen molar-refractivity contribution in [2.45, 2.75) is 45.6 Å². The van der Waals surface area contributed by atoms with Crippen LogP contribution in [0.4, 0.5) is 5.69 Å². The fraction of sp³-hybridized carbons (Fsp3) is 0.667. The fourth-order valence-corrected chi connectivity index (χ4v) is 3.09. The molecule has 2 heterocycles. The topological polar surface area (TPSA) is 51.3 Å². The van der Waals surface area contributed by atoms with Crippen LogP contribution in [0.5, 0.6) is 0 Å². The van der Waals surface area contributed by atoms with E-state index < -0.39 is 0 Å². The molecule has 0 spiro atoms. The van der Waals surface area contributed by atoms with Crippen LogP contribution >= 0.6 is 0 Å². The van der Waals surface area contributed by atoms with E-state index >= 15 is 0 Å². The largest absolute Gasteiger partial charge is 0.397 e. The van der Waals surface area contributed by atoms with Crippen LogP contribution in [0.15, 0.2) is 12.3 Å². The van der Waals surface area contributed by atoms with Gasteiger partial charge in [-0.15, -0.1) is 0 Å². The third-order valence-corrected chi connectivity index (χ3v) is 4.22. The van der Waals surface area contributed by atoms with Crippen LogP contribution in [-0.4, -0.2) is 28.5 Å². The van der Waals surface area contributed by atoms with Gasteiger partial charge < -0.3 is 15.2 Å². The zero-order valence-corrected chi connectivity index (χ0v) is 11.9. The normalized spacial score (nSPS) is 22.5. The van der Waals surface area contributed by atoms with Crippen molar-refractivity contribution in [2.24, 2.45) is 5.41 Å². The number of nitrogen functional groups attached to an aromatic ring is 1. The number of nitrogens with two attached hydrogens (primary N) is 1. The summed E-state index contributed by atoms with van der Waals surface area (Å²) >= 11 is 0. The van der Waals surface area contributed by atoms with E-state index in [0.717, 1.165) is 25.2 Å². The lowest BCUT2D eigenvalue weighted by molar-refractivity contribution is 0.0572. The Labute approximate surface area is 114 Å². The van der Waals surface area contributed by atoms with Gasteiger partial charge in [0.15, 0.2) is 0 Å². The molecule has 104 valence electrons. The van der Waals surface area contributed by atoms with Crippen LogP contribution in [0.25, 0.3) is 0 Å². The summed E-state index contributed by atoms with van der Waals surface area (Å²) in [6.07, 6.45) is 6.54. The predicted octanol–water partition coefficient (Wildman–Crippen LogP) is 2.67. The van der Waals surface area contributed by atoms with E-state index in [-0.39, 0.29) is 11.3 Å². The summed E-state index contributed by atoms with van der Waals surface area (Å²) in [7, 11) is 0. The van der Waals surface area contributed by atoms with Crippen LogP contribution in [-0.2, 0) is 0 Å². The molecule has 3 rings (SSSR count). The zero-order valence-electron chi connectivity index (χ0n) is 11.9. The van der Waals surface area contributed by atoms with Crippen LogP contribution in [0, 0.1) is 5.41 Å². The molecule has 1 saturated carbocycles. The molecule has 1 aliphatic heterocycles. The summed E-state index contributed by atoms with van der Waals surface area (Å²) in [5.74, 6) is 0.149. The molecule has 2 N–H and O–H groups in total. The first-order chi connectivity index (χ1) is 8.96. The number of hydrogen-bond donors (Lipinski definition) is 1. The summed E-state index contributed by atoms with van der Waals surface area (Å²) in [6.45, 7) is 6.20. The fourth-order valence-electron chi connectivity index (χ4n) is 3.09. The van der Waals surface area contributed by atoms with Crippen molar-refractivity contribution in [1.82, 2.24) is 9.47 Å². The Morgan fingerprint density at radius 2 is 2.16 bits per heavy atom. The highest BCUT2D eigenvalue weighted by Crippen LogP contribution is 2.38. The Morgan fingerprint density at radius 1 is 1.42 bits per heavy atom. The second-order valence-corrected chi connectivity index (χ2v) is 6.79. The minimum Gasteiger partial charge on any atom is -0.397 e. The highest BCUT2D eigenvalue weighted by Gasteiger charge is 2.33. The molecular formula is C15H23N3O. The van der Waals surface area contributed by atoms with E-state index in [1.807, 2.05) is 17.2 Å². The van der Waals surface area contributed by atoms with Crippen molar-refractivity contribution in [3.8, 4) is 0 Å². The number of nitrogens with zero attached hydrogens (tertiary/aromatic N) is 2. The van der Waals surface area contributed by atoms with Gasteiger partial charge in [-0.05, 0) is 37.2 Å². The lowest BCUT2D eigenvalue weighted by atomic mass is 9.84. The molecule has 0 radical (unpaired) electrons. The average Bonchev–Trinajstić information content (AvgIpc) is 3.10. The molecule has 4 heteroatoms. The highest BCUT2D eigenvalue weighted by molar-refractivity contribution is 5.94. The van der Waals surface area contributed by atoms with Gasteiger partial charge in [-0.2, -0.15) is 0 Å². The molecule has 0 unspecified atom stereocenters. The molecule has 1 aromatic rings. The molecule has 0 bridgehead atoms. The first-order valence-corrected chi connectivity index (χ1v) is 7.23. The van der Waals surface area contributed by atoms with Crippen LogP contribution in [0.2, 0.25) is 0 Å². The zero-order chi connectivity index (χ0) is 13.6. The molecule has 1 aliphatic carbocycles. The van der Waals surface area contributed by atoms with Crippen LogP contribution < -0.4 is 5.73 Å². The number of amides is 1. The van der Waals surface area contributed by atoms with Gasteiger partial charge in [-0.25, -0.2) is 0 Å². The Balaban J connectivity index is 1.83. The SMILES string of the molecule is CC1(C)CCCN(C(=O)c2cc(N)cn2C2CC2)C1. The lowest BCUT2D eigenvalue weighted by Gasteiger charge is -2.38. The molecule has 1 aromatic heterocycles. The molecule has 2 fully saturated rings. The average molecular weight is 261 g/mol. The number of carbonyl (C=O) groups is 1. The number of aromatic nitrogens is 1. The number of anilines is 1. The lowest BCUT2D eigenvalue weighted by Crippen LogP contribution is -2.44. The van der Waals surface area contributed by atoms with Crippen molar-refractivity contribution in [3.05, 3.63) is 18.0 Å². The Morgan fingerprint density at radius 3 is 2.79 bits per heavy atom. The van der Waals surface area contributed by atoms with E-state index in [0.29, 0.717) is 11.7 Å². The summed E-state index contributed by atoms with van der Waals surface area (Å²) in [5, 5.41) is 0. The first kappa shape index (κ1) is 12.6. The van der Waals surface area contributed by atoms with E-state index in [2.05, 4.69) is 18.4 Å². The Kier molecular flexibility index (Phi) is 2.84. The summed E-state index contributed by atoms with van der Waals surface area (Å²) < 4.78 is 2.08. The molecule has 0 aromatic carbocycles. The summed E-state index contributed by atoms with van der Waals surface area (Å²) in [6, 6.07) is 2.33. The molecule has 1 saturated heterocycles. The van der Waals surface area contributed by atoms with Gasteiger partial charge in [-0.1, -0.05) is 13.8 Å². The van der Waals surface area contributed by atoms with Crippen molar-refractivity contribution >= 4 is 11.6 Å². The summed E-state index contributed by atoms with van der Waals surface area (Å²) in [5.41, 5.74) is 7.58. The Hall–Kier alpha value is -1.45. The maximum absolute atomic E-state index is 12.7. The quantitative estimate of drug-likeness (QED) is 0.889. The molecule has 4 nitrogen and oxygen atoms in total. The number of piperidine rings is 1. The van der Waals surface area contributed by atoms with Crippen molar-refractivity contribution in [2.75, 3.05) is 18.8 Å². The molecular weight excluding hydrogens is 238 g/mol. The number of likely N-dealkylation sites (tertiary alicyclic amines) is 1. The predicted molar refractivity (Wildman–Crippen MR) is 76.0 cm³/mol. The van der Waals surface area contributed by atoms with E-state index in [9.17, 15) is 4.79 Å². The van der Waals surface area contributed by atoms with Gasteiger partial charge in [0.1, 0.15) is 5.69 Å². The minimum absolute atomic E-state index is 0.149. The smallest absolute Gasteiger partial charge is 0.270 e. The molecule has 1 amide bonds. The van der Waals surface area contributed by atoms with Gasteiger partial charge in [0.2, 0.25) is 0 Å². The maximum atomic E-state index is 12.7. The second kappa shape index (κ2) is 4.29. The Bertz CT molecular complexity index is 499. The summed E-state index contributed by atoms with van der Waals surface area (Å²) in [4.78, 5) is 14.7. The number of carbonyl (C=O) groups excluding carboxylic acids is 1. The van der Waals surface area contributed by atoms with Crippen LogP contribution in [0.1, 0.15) is 56.1 Å². The molecule has 19 heavy (non-hydrogen) atoms. The van der Waals surface area contributed by atoms with Gasteiger partial charge in [-0.3, -0.25) is 4.79 Å². The minimum atomic E-state index is 0.149.